The number of nitrogens with two attached hydrogens (primary N) is 1. The lowest BCUT2D eigenvalue weighted by Gasteiger charge is -2.22. The summed E-state index contributed by atoms with van der Waals surface area (Å²) in [4.78, 5) is 11.6. The first-order chi connectivity index (χ1) is 10.4. The van der Waals surface area contributed by atoms with E-state index < -0.39 is 21.7 Å². The molecule has 2 atom stereocenters. The zero-order valence-electron chi connectivity index (χ0n) is 13.9. The lowest BCUT2D eigenvalue weighted by molar-refractivity contribution is -0.145. The first-order valence-corrected chi connectivity index (χ1v) is 10.5. The van der Waals surface area contributed by atoms with Crippen LogP contribution in [0.3, 0.4) is 0 Å². The van der Waals surface area contributed by atoms with Crippen LogP contribution in [0.15, 0.2) is 0 Å². The van der Waals surface area contributed by atoms with E-state index >= 15 is 0 Å². The quantitative estimate of drug-likeness (QED) is 0.475. The van der Waals surface area contributed by atoms with Gasteiger partial charge in [0, 0.05) is 21.2 Å². The summed E-state index contributed by atoms with van der Waals surface area (Å²) in [6.45, 7) is 2.41. The van der Waals surface area contributed by atoms with Gasteiger partial charge in [-0.3, -0.25) is 9.57 Å². The van der Waals surface area contributed by atoms with Crippen LogP contribution >= 0.6 is 0 Å². The second-order valence-corrected chi connectivity index (χ2v) is 8.87. The summed E-state index contributed by atoms with van der Waals surface area (Å²) >= 11 is 0. The smallest absolute Gasteiger partial charge is 0.322 e. The van der Waals surface area contributed by atoms with Crippen molar-refractivity contribution in [1.29, 1.82) is 4.78 Å². The van der Waals surface area contributed by atoms with Crippen LogP contribution < -0.4 is 5.73 Å². The maximum absolute atomic E-state index is 12.3. The Morgan fingerprint density at radius 2 is 2.00 bits per heavy atom. The van der Waals surface area contributed by atoms with Crippen molar-refractivity contribution in [2.45, 2.75) is 70.8 Å². The third-order valence-electron chi connectivity index (χ3n) is 4.38. The van der Waals surface area contributed by atoms with Crippen molar-refractivity contribution < 1.29 is 13.7 Å². The van der Waals surface area contributed by atoms with Gasteiger partial charge in [-0.15, -0.1) is 0 Å². The highest BCUT2D eigenvalue weighted by Gasteiger charge is 2.20. The molecular formula is C16H32N2O3S. The minimum absolute atomic E-state index is 0.198. The van der Waals surface area contributed by atoms with Crippen molar-refractivity contribution in [3.05, 3.63) is 0 Å². The molecule has 0 heterocycles. The number of unbranched alkanes of at least 4 members (excludes halogenated alkanes) is 1. The average molecular weight is 333 g/mol. The first-order valence-electron chi connectivity index (χ1n) is 8.61. The average Bonchev–Trinajstić information content (AvgIpc) is 2.52. The zero-order valence-corrected chi connectivity index (χ0v) is 14.7. The Morgan fingerprint density at radius 3 is 2.64 bits per heavy atom. The topological polar surface area (TPSA) is 93.2 Å². The van der Waals surface area contributed by atoms with Gasteiger partial charge in [-0.2, -0.15) is 0 Å². The van der Waals surface area contributed by atoms with Gasteiger partial charge in [0.15, 0.2) is 0 Å². The normalized spacial score (nSPS) is 20.3. The predicted molar refractivity (Wildman–Crippen MR) is 90.2 cm³/mol. The number of rotatable bonds is 10. The number of esters is 1. The lowest BCUT2D eigenvalue weighted by atomic mass is 9.88. The predicted octanol–water partition coefficient (Wildman–Crippen LogP) is 3.06. The minimum atomic E-state index is -2.62. The Morgan fingerprint density at radius 1 is 1.32 bits per heavy atom. The van der Waals surface area contributed by atoms with Crippen LogP contribution in [0.25, 0.3) is 0 Å². The van der Waals surface area contributed by atoms with E-state index in [4.69, 9.17) is 15.3 Å². The van der Waals surface area contributed by atoms with Gasteiger partial charge >= 0.3 is 5.97 Å². The molecule has 1 unspecified atom stereocenters. The summed E-state index contributed by atoms with van der Waals surface area (Å²) < 4.78 is 25.3. The van der Waals surface area contributed by atoms with Gasteiger partial charge in [-0.05, 0) is 25.2 Å². The van der Waals surface area contributed by atoms with Crippen LogP contribution in [0.2, 0.25) is 0 Å². The molecule has 0 aromatic heterocycles. The van der Waals surface area contributed by atoms with E-state index in [0.717, 1.165) is 19.3 Å². The van der Waals surface area contributed by atoms with E-state index in [1.807, 2.05) is 6.92 Å². The molecule has 1 fully saturated rings. The molecule has 0 amide bonds. The van der Waals surface area contributed by atoms with Crippen molar-refractivity contribution in [3.63, 3.8) is 0 Å². The van der Waals surface area contributed by atoms with Gasteiger partial charge in [0.25, 0.3) is 0 Å². The third kappa shape index (κ3) is 8.13. The maximum atomic E-state index is 12.3. The van der Waals surface area contributed by atoms with Crippen LogP contribution in [0.4, 0.5) is 0 Å². The number of carbonyl (C=O) groups is 1. The number of carbonyl (C=O) groups excluding carboxylic acids is 1. The van der Waals surface area contributed by atoms with Crippen molar-refractivity contribution in [2.75, 3.05) is 18.1 Å². The Bertz CT molecular complexity index is 417. The molecule has 3 N–H and O–H groups in total. The fraction of sp³-hybridized carbons (Fsp3) is 0.938. The molecular weight excluding hydrogens is 300 g/mol. The van der Waals surface area contributed by atoms with Crippen molar-refractivity contribution in [3.8, 4) is 0 Å². The molecule has 0 aromatic carbocycles. The Balaban J connectivity index is 2.24. The minimum Gasteiger partial charge on any atom is -0.465 e. The van der Waals surface area contributed by atoms with E-state index in [9.17, 15) is 9.00 Å². The monoisotopic (exact) mass is 332 g/mol. The van der Waals surface area contributed by atoms with Gasteiger partial charge < -0.3 is 10.5 Å². The molecule has 1 aliphatic carbocycles. The first kappa shape index (κ1) is 19.4. The Kier molecular flexibility index (Phi) is 9.02. The van der Waals surface area contributed by atoms with Crippen molar-refractivity contribution in [2.24, 2.45) is 11.7 Å². The number of hydrogen-bond acceptors (Lipinski definition) is 5. The zero-order chi connectivity index (χ0) is 16.4. The molecule has 0 bridgehead atoms. The summed E-state index contributed by atoms with van der Waals surface area (Å²) in [5, 5.41) is 0. The molecule has 0 spiro atoms. The largest absolute Gasteiger partial charge is 0.465 e. The third-order valence-corrected chi connectivity index (χ3v) is 6.17. The van der Waals surface area contributed by atoms with Crippen molar-refractivity contribution >= 4 is 15.7 Å². The molecule has 1 rings (SSSR count). The Hall–Kier alpha value is -0.620. The van der Waals surface area contributed by atoms with Crippen molar-refractivity contribution in [1.82, 2.24) is 0 Å². The molecule has 1 aliphatic rings. The highest BCUT2D eigenvalue weighted by molar-refractivity contribution is 7.92. The van der Waals surface area contributed by atoms with Gasteiger partial charge in [0.2, 0.25) is 0 Å². The van der Waals surface area contributed by atoms with Gasteiger partial charge in [0.1, 0.15) is 6.04 Å². The highest BCUT2D eigenvalue weighted by atomic mass is 32.2. The van der Waals surface area contributed by atoms with Crippen LogP contribution in [0, 0.1) is 10.7 Å². The lowest BCUT2D eigenvalue weighted by Crippen LogP contribution is -2.34. The van der Waals surface area contributed by atoms with Gasteiger partial charge in [0.05, 0.1) is 6.61 Å². The fourth-order valence-corrected chi connectivity index (χ4v) is 4.35. The number of nitrogens with one attached hydrogen (secondary N) is 1. The highest BCUT2D eigenvalue weighted by Crippen LogP contribution is 2.26. The number of hydrogen-bond donors (Lipinski definition) is 2. The molecule has 6 heteroatoms. The van der Waals surface area contributed by atoms with E-state index in [1.54, 1.807) is 0 Å². The molecule has 0 aromatic rings. The summed E-state index contributed by atoms with van der Waals surface area (Å²) in [6, 6.07) is -0.752. The summed E-state index contributed by atoms with van der Waals surface area (Å²) in [7, 11) is -2.62. The van der Waals surface area contributed by atoms with Crippen LogP contribution in [-0.4, -0.2) is 34.3 Å². The molecule has 5 nitrogen and oxygen atoms in total. The standard InChI is InChI=1S/C16H32N2O3S/c1-2-3-11-21-16(19)15(17)10-13-22(18,20)12-9-14-7-5-4-6-8-14/h14-15,18H,2-13,17H2,1H3/t15-,22?/m0/s1. The second kappa shape index (κ2) is 10.2. The molecule has 1 saturated carbocycles. The SMILES string of the molecule is CCCCOC(=O)[C@@H](N)CCS(=N)(=O)CCC1CCCCC1. The molecule has 130 valence electrons. The second-order valence-electron chi connectivity index (χ2n) is 6.43. The van der Waals surface area contributed by atoms with Gasteiger partial charge in [-0.25, -0.2) is 4.21 Å². The van der Waals surface area contributed by atoms with Gasteiger partial charge in [-0.1, -0.05) is 45.4 Å². The Labute approximate surface area is 135 Å². The summed E-state index contributed by atoms with van der Waals surface area (Å²) in [5.41, 5.74) is 5.76. The van der Waals surface area contributed by atoms with E-state index in [2.05, 4.69) is 0 Å². The fourth-order valence-electron chi connectivity index (χ4n) is 2.79. The van der Waals surface area contributed by atoms with Crippen LogP contribution in [-0.2, 0) is 19.3 Å². The van der Waals surface area contributed by atoms with Crippen LogP contribution in [0.1, 0.15) is 64.7 Å². The summed E-state index contributed by atoms with van der Waals surface area (Å²) in [5.74, 6) is 0.836. The molecule has 0 radical (unpaired) electrons. The van der Waals surface area contributed by atoms with E-state index in [-0.39, 0.29) is 12.2 Å². The van der Waals surface area contributed by atoms with E-state index in [1.165, 1.54) is 32.1 Å². The summed E-state index contributed by atoms with van der Waals surface area (Å²) in [6.07, 6.45) is 9.19. The number of ether oxygens (including phenoxy) is 1. The van der Waals surface area contributed by atoms with E-state index in [0.29, 0.717) is 18.3 Å². The van der Waals surface area contributed by atoms with Crippen LogP contribution in [0.5, 0.6) is 0 Å². The maximum Gasteiger partial charge on any atom is 0.322 e. The molecule has 0 aliphatic heterocycles. The molecule has 0 saturated heterocycles. The molecule has 22 heavy (non-hydrogen) atoms.